The standard InChI is InChI=1S/C14H22ClN3O2S/c1-4-5-16-14-13(15)6-12(7-17-14)21(19,20)18-8-10(2)11(3)9-18/h6-7,10-11H,4-5,8-9H2,1-3H3,(H,16,17). The molecule has 0 amide bonds. The lowest BCUT2D eigenvalue weighted by molar-refractivity contribution is 0.463. The number of nitrogens with one attached hydrogen (secondary N) is 1. The van der Waals surface area contributed by atoms with Crippen LogP contribution in [0.1, 0.15) is 27.2 Å². The fourth-order valence-electron chi connectivity index (χ4n) is 2.36. The summed E-state index contributed by atoms with van der Waals surface area (Å²) in [5, 5.41) is 3.41. The topological polar surface area (TPSA) is 62.3 Å². The molecule has 0 aromatic carbocycles. The van der Waals surface area contributed by atoms with Crippen LogP contribution in [0.3, 0.4) is 0 Å². The monoisotopic (exact) mass is 331 g/mol. The van der Waals surface area contributed by atoms with E-state index >= 15 is 0 Å². The predicted octanol–water partition coefficient (Wildman–Crippen LogP) is 2.83. The zero-order valence-electron chi connectivity index (χ0n) is 12.6. The SMILES string of the molecule is CCCNc1ncc(S(=O)(=O)N2CC(C)C(C)C2)cc1Cl. The van der Waals surface area contributed by atoms with Crippen molar-refractivity contribution in [2.75, 3.05) is 25.0 Å². The molecular formula is C14H22ClN3O2S. The highest BCUT2D eigenvalue weighted by atomic mass is 35.5. The van der Waals surface area contributed by atoms with Gasteiger partial charge in [-0.3, -0.25) is 0 Å². The summed E-state index contributed by atoms with van der Waals surface area (Å²) in [6, 6.07) is 1.48. The minimum absolute atomic E-state index is 0.163. The second-order valence-corrected chi connectivity index (χ2v) is 8.05. The molecule has 1 aliphatic rings. The molecule has 1 fully saturated rings. The number of halogens is 1. The molecule has 0 aliphatic carbocycles. The Labute approximate surface area is 131 Å². The average Bonchev–Trinajstić information content (AvgIpc) is 2.78. The van der Waals surface area contributed by atoms with Crippen molar-refractivity contribution in [3.8, 4) is 0 Å². The summed E-state index contributed by atoms with van der Waals surface area (Å²) in [5.74, 6) is 1.27. The fourth-order valence-corrected chi connectivity index (χ4v) is 4.27. The Kier molecular flexibility index (Phi) is 5.11. The van der Waals surface area contributed by atoms with Crippen LogP contribution in [0.25, 0.3) is 0 Å². The zero-order chi connectivity index (χ0) is 15.6. The molecule has 7 heteroatoms. The van der Waals surface area contributed by atoms with Crippen molar-refractivity contribution in [3.63, 3.8) is 0 Å². The maximum absolute atomic E-state index is 12.6. The van der Waals surface area contributed by atoms with Crippen molar-refractivity contribution in [2.24, 2.45) is 11.8 Å². The lowest BCUT2D eigenvalue weighted by Crippen LogP contribution is -2.29. The fraction of sp³-hybridized carbons (Fsp3) is 0.643. The van der Waals surface area contributed by atoms with Crippen LogP contribution in [-0.4, -0.2) is 37.3 Å². The Balaban J connectivity index is 2.23. The largest absolute Gasteiger partial charge is 0.369 e. The molecule has 2 rings (SSSR count). The van der Waals surface area contributed by atoms with Gasteiger partial charge in [-0.25, -0.2) is 13.4 Å². The van der Waals surface area contributed by atoms with E-state index in [1.165, 1.54) is 16.6 Å². The van der Waals surface area contributed by atoms with E-state index in [0.717, 1.165) is 13.0 Å². The smallest absolute Gasteiger partial charge is 0.244 e. The third kappa shape index (κ3) is 3.49. The van der Waals surface area contributed by atoms with Crippen LogP contribution in [0.2, 0.25) is 5.02 Å². The summed E-state index contributed by atoms with van der Waals surface area (Å²) in [7, 11) is -3.51. The summed E-state index contributed by atoms with van der Waals surface area (Å²) in [6.07, 6.45) is 2.33. The lowest BCUT2D eigenvalue weighted by atomic mass is 10.0. The minimum atomic E-state index is -3.51. The predicted molar refractivity (Wildman–Crippen MR) is 85.1 cm³/mol. The van der Waals surface area contributed by atoms with E-state index in [9.17, 15) is 8.42 Å². The van der Waals surface area contributed by atoms with Crippen LogP contribution < -0.4 is 5.32 Å². The van der Waals surface area contributed by atoms with Gasteiger partial charge in [-0.05, 0) is 24.3 Å². The number of sulfonamides is 1. The lowest BCUT2D eigenvalue weighted by Gasteiger charge is -2.16. The minimum Gasteiger partial charge on any atom is -0.369 e. The molecule has 1 saturated heterocycles. The van der Waals surface area contributed by atoms with Crippen LogP contribution in [0.15, 0.2) is 17.2 Å². The van der Waals surface area contributed by atoms with E-state index in [1.54, 1.807) is 0 Å². The van der Waals surface area contributed by atoms with Crippen LogP contribution in [0, 0.1) is 11.8 Å². The summed E-state index contributed by atoms with van der Waals surface area (Å²) in [4.78, 5) is 4.31. The molecule has 2 unspecified atom stereocenters. The van der Waals surface area contributed by atoms with Gasteiger partial charge < -0.3 is 5.32 Å². The van der Waals surface area contributed by atoms with E-state index in [-0.39, 0.29) is 4.90 Å². The summed E-state index contributed by atoms with van der Waals surface area (Å²) in [5.41, 5.74) is 0. The third-order valence-electron chi connectivity index (χ3n) is 3.95. The van der Waals surface area contributed by atoms with Crippen molar-refractivity contribution in [2.45, 2.75) is 32.1 Å². The summed E-state index contributed by atoms with van der Waals surface area (Å²) in [6.45, 7) is 8.04. The highest BCUT2D eigenvalue weighted by Crippen LogP contribution is 2.30. The molecule has 1 N–H and O–H groups in total. The van der Waals surface area contributed by atoms with E-state index in [0.29, 0.717) is 35.8 Å². The molecule has 0 radical (unpaired) electrons. The molecule has 1 aliphatic heterocycles. The second kappa shape index (κ2) is 6.50. The van der Waals surface area contributed by atoms with E-state index < -0.39 is 10.0 Å². The van der Waals surface area contributed by atoms with Gasteiger partial charge in [0, 0.05) is 25.8 Å². The molecule has 5 nitrogen and oxygen atoms in total. The van der Waals surface area contributed by atoms with Crippen molar-refractivity contribution in [1.29, 1.82) is 0 Å². The van der Waals surface area contributed by atoms with Gasteiger partial charge in [0.05, 0.1) is 5.02 Å². The van der Waals surface area contributed by atoms with Crippen molar-refractivity contribution in [1.82, 2.24) is 9.29 Å². The quantitative estimate of drug-likeness (QED) is 0.901. The molecule has 21 heavy (non-hydrogen) atoms. The molecule has 1 aromatic rings. The number of anilines is 1. The molecule has 118 valence electrons. The normalized spacial score (nSPS) is 23.4. The van der Waals surface area contributed by atoms with Crippen molar-refractivity contribution in [3.05, 3.63) is 17.3 Å². The van der Waals surface area contributed by atoms with Crippen molar-refractivity contribution < 1.29 is 8.42 Å². The van der Waals surface area contributed by atoms with Crippen LogP contribution >= 0.6 is 11.6 Å². The Morgan fingerprint density at radius 3 is 2.52 bits per heavy atom. The van der Waals surface area contributed by atoms with Gasteiger partial charge in [-0.1, -0.05) is 32.4 Å². The van der Waals surface area contributed by atoms with E-state index in [4.69, 9.17) is 11.6 Å². The molecule has 0 saturated carbocycles. The van der Waals surface area contributed by atoms with Gasteiger partial charge in [0.1, 0.15) is 10.7 Å². The first-order valence-electron chi connectivity index (χ1n) is 7.25. The van der Waals surface area contributed by atoms with E-state index in [1.807, 2.05) is 6.92 Å². The van der Waals surface area contributed by atoms with Gasteiger partial charge in [-0.15, -0.1) is 0 Å². The molecule has 1 aromatic heterocycles. The second-order valence-electron chi connectivity index (χ2n) is 5.70. The molecule has 2 atom stereocenters. The third-order valence-corrected chi connectivity index (χ3v) is 6.04. The first-order valence-corrected chi connectivity index (χ1v) is 9.07. The maximum atomic E-state index is 12.6. The first kappa shape index (κ1) is 16.5. The highest BCUT2D eigenvalue weighted by molar-refractivity contribution is 7.89. The summed E-state index contributed by atoms with van der Waals surface area (Å²) < 4.78 is 26.7. The molecule has 0 bridgehead atoms. The number of aromatic nitrogens is 1. The van der Waals surface area contributed by atoms with Gasteiger partial charge in [0.15, 0.2) is 0 Å². The van der Waals surface area contributed by atoms with Crippen LogP contribution in [0.5, 0.6) is 0 Å². The molecule has 2 heterocycles. The number of pyridine rings is 1. The highest BCUT2D eigenvalue weighted by Gasteiger charge is 2.35. The molecular weight excluding hydrogens is 310 g/mol. The average molecular weight is 332 g/mol. The Hall–Kier alpha value is -0.850. The Morgan fingerprint density at radius 2 is 2.00 bits per heavy atom. The Bertz CT molecular complexity index is 596. The van der Waals surface area contributed by atoms with Crippen molar-refractivity contribution >= 4 is 27.4 Å². The summed E-state index contributed by atoms with van der Waals surface area (Å²) >= 11 is 6.13. The van der Waals surface area contributed by atoms with Gasteiger partial charge in [0.2, 0.25) is 10.0 Å². The zero-order valence-corrected chi connectivity index (χ0v) is 14.2. The van der Waals surface area contributed by atoms with Crippen LogP contribution in [0.4, 0.5) is 5.82 Å². The number of rotatable bonds is 5. The van der Waals surface area contributed by atoms with Gasteiger partial charge in [-0.2, -0.15) is 4.31 Å². The van der Waals surface area contributed by atoms with Gasteiger partial charge in [0.25, 0.3) is 0 Å². The maximum Gasteiger partial charge on any atom is 0.244 e. The first-order chi connectivity index (χ1) is 9.86. The Morgan fingerprint density at radius 1 is 1.38 bits per heavy atom. The number of hydrogen-bond donors (Lipinski definition) is 1. The molecule has 0 spiro atoms. The number of nitrogens with zero attached hydrogens (tertiary/aromatic N) is 2. The van der Waals surface area contributed by atoms with Crippen LogP contribution in [-0.2, 0) is 10.0 Å². The van der Waals surface area contributed by atoms with Gasteiger partial charge >= 0.3 is 0 Å². The number of hydrogen-bond acceptors (Lipinski definition) is 4. The van der Waals surface area contributed by atoms with E-state index in [2.05, 4.69) is 24.1 Å².